The Kier molecular flexibility index (Phi) is 6.01. The third-order valence-electron chi connectivity index (χ3n) is 10.3. The van der Waals surface area contributed by atoms with Crippen molar-refractivity contribution in [1.29, 1.82) is 0 Å². The molecule has 226 valence electrons. The van der Waals surface area contributed by atoms with Crippen molar-refractivity contribution in [2.75, 3.05) is 4.90 Å². The van der Waals surface area contributed by atoms with E-state index in [1.807, 2.05) is 60.7 Å². The molecule has 2 aliphatic carbocycles. The summed E-state index contributed by atoms with van der Waals surface area (Å²) in [4.78, 5) is 17.5. The number of fused-ring (bicyclic) bond motifs is 6. The van der Waals surface area contributed by atoms with Gasteiger partial charge in [-0.2, -0.15) is 0 Å². The molecule has 3 aliphatic rings. The van der Waals surface area contributed by atoms with Crippen LogP contribution in [-0.4, -0.2) is 20.5 Å². The quantitative estimate of drug-likeness (QED) is 0.200. The van der Waals surface area contributed by atoms with Crippen molar-refractivity contribution in [2.45, 2.75) is 37.6 Å². The maximum Gasteiger partial charge on any atom is 0.164 e. The first-order chi connectivity index (χ1) is 22.9. The summed E-state index contributed by atoms with van der Waals surface area (Å²) in [6.45, 7) is 7.13. The highest BCUT2D eigenvalue weighted by Crippen LogP contribution is 2.61. The van der Waals surface area contributed by atoms with Gasteiger partial charge in [-0.25, -0.2) is 15.0 Å². The summed E-state index contributed by atoms with van der Waals surface area (Å²) in [6.07, 6.45) is 5.10. The Labute approximate surface area is 275 Å². The van der Waals surface area contributed by atoms with E-state index in [0.29, 0.717) is 17.5 Å². The van der Waals surface area contributed by atoms with Crippen molar-refractivity contribution < 1.29 is 0 Å². The molecule has 5 aromatic carbocycles. The normalized spacial score (nSPS) is 20.1. The molecule has 47 heavy (non-hydrogen) atoms. The smallest absolute Gasteiger partial charge is 0.164 e. The first kappa shape index (κ1) is 27.7. The second kappa shape index (κ2) is 10.2. The second-order valence-electron chi connectivity index (χ2n) is 13.5. The van der Waals surface area contributed by atoms with Crippen molar-refractivity contribution >= 4 is 16.9 Å². The molecule has 9 rings (SSSR count). The lowest BCUT2D eigenvalue weighted by atomic mass is 9.71. The lowest BCUT2D eigenvalue weighted by Gasteiger charge is -2.42. The Hall–Kier alpha value is -5.61. The minimum Gasteiger partial charge on any atom is -0.331 e. The standard InChI is InChI=1S/C43H34N4/c1-42(2)35-23-12-10-21-32(35)34-26-36-33-22-11-13-24-38(33)47(43(36,3)27-37(34)42)31-20-14-19-30(25-31)41-45-39(28-15-6-4-7-16-28)44-40(46-41)29-17-8-5-9-18-29/h4-27,36H,1-3H3. The van der Waals surface area contributed by atoms with E-state index in [9.17, 15) is 0 Å². The second-order valence-corrected chi connectivity index (χ2v) is 13.5. The number of benzene rings is 5. The molecule has 2 atom stereocenters. The fourth-order valence-electron chi connectivity index (χ4n) is 8.01. The van der Waals surface area contributed by atoms with Gasteiger partial charge in [0.1, 0.15) is 0 Å². The Balaban J connectivity index is 1.20. The van der Waals surface area contributed by atoms with Gasteiger partial charge >= 0.3 is 0 Å². The maximum absolute atomic E-state index is 5.03. The van der Waals surface area contributed by atoms with E-state index in [4.69, 9.17) is 15.0 Å². The molecule has 4 nitrogen and oxygen atoms in total. The molecule has 0 saturated carbocycles. The summed E-state index contributed by atoms with van der Waals surface area (Å²) in [5, 5.41) is 0. The fraction of sp³-hybridized carbons (Fsp3) is 0.140. The lowest BCUT2D eigenvalue weighted by molar-refractivity contribution is 0.527. The molecule has 0 fully saturated rings. The molecule has 2 heterocycles. The van der Waals surface area contributed by atoms with Gasteiger partial charge in [0, 0.05) is 39.4 Å². The van der Waals surface area contributed by atoms with Crippen molar-refractivity contribution in [1.82, 2.24) is 15.0 Å². The summed E-state index contributed by atoms with van der Waals surface area (Å²) < 4.78 is 0. The van der Waals surface area contributed by atoms with Crippen molar-refractivity contribution in [3.63, 3.8) is 0 Å². The van der Waals surface area contributed by atoms with Crippen LogP contribution >= 0.6 is 0 Å². The van der Waals surface area contributed by atoms with E-state index < -0.39 is 0 Å². The van der Waals surface area contributed by atoms with E-state index in [2.05, 4.69) is 111 Å². The number of aromatic nitrogens is 3. The molecule has 0 bridgehead atoms. The van der Waals surface area contributed by atoms with Crippen LogP contribution in [-0.2, 0) is 5.41 Å². The zero-order chi connectivity index (χ0) is 31.8. The Morgan fingerprint density at radius 2 is 1.15 bits per heavy atom. The van der Waals surface area contributed by atoms with Crippen molar-refractivity contribution in [3.05, 3.63) is 168 Å². The van der Waals surface area contributed by atoms with E-state index in [0.717, 1.165) is 22.4 Å². The van der Waals surface area contributed by atoms with Crippen LogP contribution in [0.25, 0.3) is 39.7 Å². The number of allylic oxidation sites excluding steroid dienone is 2. The van der Waals surface area contributed by atoms with E-state index in [-0.39, 0.29) is 16.9 Å². The van der Waals surface area contributed by atoms with Gasteiger partial charge in [-0.3, -0.25) is 0 Å². The first-order valence-corrected chi connectivity index (χ1v) is 16.3. The molecule has 0 amide bonds. The van der Waals surface area contributed by atoms with Crippen LogP contribution < -0.4 is 4.90 Å². The zero-order valence-electron chi connectivity index (χ0n) is 26.7. The molecule has 4 heteroatoms. The largest absolute Gasteiger partial charge is 0.331 e. The highest BCUT2D eigenvalue weighted by molar-refractivity contribution is 5.94. The van der Waals surface area contributed by atoms with Crippen LogP contribution in [0.4, 0.5) is 11.4 Å². The molecule has 6 aromatic rings. The monoisotopic (exact) mass is 606 g/mol. The average molecular weight is 607 g/mol. The predicted octanol–water partition coefficient (Wildman–Crippen LogP) is 10.2. The lowest BCUT2D eigenvalue weighted by Crippen LogP contribution is -2.43. The Morgan fingerprint density at radius 3 is 1.85 bits per heavy atom. The van der Waals surface area contributed by atoms with Crippen LogP contribution in [0.1, 0.15) is 43.4 Å². The fourth-order valence-corrected chi connectivity index (χ4v) is 8.01. The summed E-state index contributed by atoms with van der Waals surface area (Å²) in [5.74, 6) is 2.19. The van der Waals surface area contributed by atoms with Crippen LogP contribution in [0.15, 0.2) is 151 Å². The van der Waals surface area contributed by atoms with Gasteiger partial charge in [0.15, 0.2) is 17.5 Å². The van der Waals surface area contributed by atoms with Gasteiger partial charge in [-0.15, -0.1) is 0 Å². The average Bonchev–Trinajstić information content (AvgIpc) is 3.51. The first-order valence-electron chi connectivity index (χ1n) is 16.3. The summed E-state index contributed by atoms with van der Waals surface area (Å²) in [5.41, 5.74) is 11.8. The number of nitrogens with zero attached hydrogens (tertiary/aromatic N) is 4. The Bertz CT molecular complexity index is 2190. The topological polar surface area (TPSA) is 41.9 Å². The van der Waals surface area contributed by atoms with Crippen LogP contribution in [0.5, 0.6) is 0 Å². The molecular weight excluding hydrogens is 573 g/mol. The summed E-state index contributed by atoms with van der Waals surface area (Å²) in [6, 6.07) is 46.8. The zero-order valence-corrected chi connectivity index (χ0v) is 26.7. The van der Waals surface area contributed by atoms with Crippen LogP contribution in [0, 0.1) is 0 Å². The van der Waals surface area contributed by atoms with Crippen LogP contribution in [0.3, 0.4) is 0 Å². The van der Waals surface area contributed by atoms with Gasteiger partial charge in [0.2, 0.25) is 0 Å². The van der Waals surface area contributed by atoms with Gasteiger partial charge in [-0.05, 0) is 53.0 Å². The predicted molar refractivity (Wildman–Crippen MR) is 191 cm³/mol. The number of rotatable bonds is 4. The van der Waals surface area contributed by atoms with Crippen molar-refractivity contribution in [3.8, 4) is 34.2 Å². The number of anilines is 2. The number of hydrogen-bond donors (Lipinski definition) is 0. The molecule has 0 N–H and O–H groups in total. The Morgan fingerprint density at radius 1 is 0.574 bits per heavy atom. The highest BCUT2D eigenvalue weighted by Gasteiger charge is 2.52. The van der Waals surface area contributed by atoms with Gasteiger partial charge in [0.25, 0.3) is 0 Å². The van der Waals surface area contributed by atoms with E-state index >= 15 is 0 Å². The van der Waals surface area contributed by atoms with Crippen LogP contribution in [0.2, 0.25) is 0 Å². The SMILES string of the molecule is CC1(C)C2=CC3(C)C(C=C2c2ccccc21)c1ccccc1N3c1cccc(-c2nc(-c3ccccc3)nc(-c3ccccc3)n2)c1. The number of hydrogen-bond acceptors (Lipinski definition) is 4. The summed E-state index contributed by atoms with van der Waals surface area (Å²) >= 11 is 0. The highest BCUT2D eigenvalue weighted by atomic mass is 15.2. The molecule has 2 unspecified atom stereocenters. The molecule has 1 aliphatic heterocycles. The van der Waals surface area contributed by atoms with Gasteiger partial charge < -0.3 is 4.90 Å². The van der Waals surface area contributed by atoms with Gasteiger partial charge in [-0.1, -0.05) is 141 Å². The molecule has 0 saturated heterocycles. The van der Waals surface area contributed by atoms with Crippen molar-refractivity contribution in [2.24, 2.45) is 0 Å². The third kappa shape index (κ3) is 4.18. The molecule has 1 aromatic heterocycles. The van der Waals surface area contributed by atoms with E-state index in [1.54, 1.807) is 0 Å². The summed E-state index contributed by atoms with van der Waals surface area (Å²) in [7, 11) is 0. The van der Waals surface area contributed by atoms with Gasteiger partial charge in [0.05, 0.1) is 5.54 Å². The molecule has 0 radical (unpaired) electrons. The minimum absolute atomic E-state index is 0.0781. The molecule has 0 spiro atoms. The minimum atomic E-state index is -0.302. The number of para-hydroxylation sites is 1. The van der Waals surface area contributed by atoms with E-state index in [1.165, 1.54) is 33.5 Å². The maximum atomic E-state index is 5.03. The third-order valence-corrected chi connectivity index (χ3v) is 10.3. The molecular formula is C43H34N4.